The number of carbonyl (C=O) groups is 3. The van der Waals surface area contributed by atoms with Gasteiger partial charge in [0.15, 0.2) is 0 Å². The van der Waals surface area contributed by atoms with E-state index in [0.717, 1.165) is 41.8 Å². The predicted octanol–water partition coefficient (Wildman–Crippen LogP) is 7.97. The summed E-state index contributed by atoms with van der Waals surface area (Å²) in [7, 11) is 0. The molecule has 246 valence electrons. The summed E-state index contributed by atoms with van der Waals surface area (Å²) in [5, 5.41) is 3.11. The number of nitrogens with zero attached hydrogens (tertiary/aromatic N) is 3. The van der Waals surface area contributed by atoms with E-state index in [1.165, 1.54) is 0 Å². The molecule has 1 saturated heterocycles. The van der Waals surface area contributed by atoms with Gasteiger partial charge in [0.25, 0.3) is 5.91 Å². The highest BCUT2D eigenvalue weighted by Crippen LogP contribution is 2.33. The van der Waals surface area contributed by atoms with E-state index in [1.54, 1.807) is 4.90 Å². The molecular weight excluding hydrogens is 588 g/mol. The molecule has 3 aromatic carbocycles. The van der Waals surface area contributed by atoms with Gasteiger partial charge in [-0.05, 0) is 62.9 Å². The maximum atomic E-state index is 14.7. The number of rotatable bonds is 10. The fraction of sp³-hybridized carbons (Fsp3) is 0.359. The van der Waals surface area contributed by atoms with Crippen molar-refractivity contribution in [3.63, 3.8) is 0 Å². The van der Waals surface area contributed by atoms with Crippen molar-refractivity contribution in [3.8, 4) is 16.9 Å². The lowest BCUT2D eigenvalue weighted by molar-refractivity contribution is -0.116. The van der Waals surface area contributed by atoms with Gasteiger partial charge in [-0.25, -0.2) is 4.79 Å². The third-order valence-electron chi connectivity index (χ3n) is 8.32. The van der Waals surface area contributed by atoms with Crippen LogP contribution in [0, 0.1) is 0 Å². The van der Waals surface area contributed by atoms with E-state index in [1.807, 2.05) is 115 Å². The van der Waals surface area contributed by atoms with Gasteiger partial charge in [0.2, 0.25) is 5.91 Å². The van der Waals surface area contributed by atoms with Gasteiger partial charge in [0.05, 0.1) is 28.7 Å². The summed E-state index contributed by atoms with van der Waals surface area (Å²) in [6, 6.07) is 29.2. The van der Waals surface area contributed by atoms with Crippen molar-refractivity contribution in [1.82, 2.24) is 14.4 Å². The first kappa shape index (κ1) is 33.5. The van der Waals surface area contributed by atoms with Crippen LogP contribution >= 0.6 is 0 Å². The maximum Gasteiger partial charge on any atom is 0.410 e. The number of piperazine rings is 1. The Labute approximate surface area is 278 Å². The largest absolute Gasteiger partial charge is 0.444 e. The van der Waals surface area contributed by atoms with Crippen molar-refractivity contribution in [1.29, 1.82) is 0 Å². The summed E-state index contributed by atoms with van der Waals surface area (Å²) < 4.78 is 7.69. The van der Waals surface area contributed by atoms with E-state index in [9.17, 15) is 14.4 Å². The van der Waals surface area contributed by atoms with Gasteiger partial charge in [0.1, 0.15) is 5.60 Å². The molecule has 1 unspecified atom stereocenters. The molecule has 8 nitrogen and oxygen atoms in total. The molecule has 1 aromatic heterocycles. The van der Waals surface area contributed by atoms with E-state index in [4.69, 9.17) is 4.74 Å². The molecule has 0 saturated carbocycles. The summed E-state index contributed by atoms with van der Waals surface area (Å²) in [6.07, 6.45) is 5.49. The molecule has 0 aliphatic carbocycles. The van der Waals surface area contributed by atoms with Gasteiger partial charge in [0, 0.05) is 32.3 Å². The van der Waals surface area contributed by atoms with E-state index < -0.39 is 5.60 Å². The Bertz CT molecular complexity index is 1660. The summed E-state index contributed by atoms with van der Waals surface area (Å²) in [6.45, 7) is 8.81. The molecule has 2 heterocycles. The molecule has 4 aromatic rings. The molecule has 8 heteroatoms. The van der Waals surface area contributed by atoms with Crippen LogP contribution in [0.25, 0.3) is 16.9 Å². The topological polar surface area (TPSA) is 83.9 Å². The zero-order valence-electron chi connectivity index (χ0n) is 27.9. The van der Waals surface area contributed by atoms with Crippen molar-refractivity contribution in [3.05, 3.63) is 108 Å². The summed E-state index contributed by atoms with van der Waals surface area (Å²) in [5.41, 5.74) is 4.14. The normalized spacial score (nSPS) is 14.9. The van der Waals surface area contributed by atoms with E-state index in [2.05, 4.69) is 24.4 Å². The molecule has 1 fully saturated rings. The molecule has 0 radical (unpaired) electrons. The number of nitrogens with one attached hydrogen (secondary N) is 1. The average molecular weight is 635 g/mol. The smallest absolute Gasteiger partial charge is 0.410 e. The maximum absolute atomic E-state index is 14.7. The van der Waals surface area contributed by atoms with Crippen LogP contribution in [0.3, 0.4) is 0 Å². The van der Waals surface area contributed by atoms with Crippen molar-refractivity contribution in [2.45, 2.75) is 71.4 Å². The monoisotopic (exact) mass is 634 g/mol. The second kappa shape index (κ2) is 15.2. The highest BCUT2D eigenvalue weighted by Gasteiger charge is 2.36. The second-order valence-electron chi connectivity index (χ2n) is 13.1. The van der Waals surface area contributed by atoms with Crippen LogP contribution in [-0.4, -0.2) is 63.6 Å². The number of ether oxygens (including phenoxy) is 1. The van der Waals surface area contributed by atoms with Crippen molar-refractivity contribution in [2.75, 3.05) is 25.0 Å². The van der Waals surface area contributed by atoms with E-state index in [0.29, 0.717) is 43.7 Å². The third-order valence-corrected chi connectivity index (χ3v) is 8.32. The molecule has 0 spiro atoms. The summed E-state index contributed by atoms with van der Waals surface area (Å²) >= 11 is 0. The number of para-hydroxylation sites is 2. The Kier molecular flexibility index (Phi) is 10.8. The van der Waals surface area contributed by atoms with E-state index >= 15 is 0 Å². The number of aromatic nitrogens is 1. The highest BCUT2D eigenvalue weighted by molar-refractivity contribution is 6.01. The lowest BCUT2D eigenvalue weighted by Crippen LogP contribution is -2.57. The number of hydrogen-bond donors (Lipinski definition) is 1. The number of anilines is 1. The fourth-order valence-corrected chi connectivity index (χ4v) is 6.06. The molecule has 1 atom stereocenters. The second-order valence-corrected chi connectivity index (χ2v) is 13.1. The molecule has 3 amide bonds. The van der Waals surface area contributed by atoms with Gasteiger partial charge >= 0.3 is 6.09 Å². The highest BCUT2D eigenvalue weighted by atomic mass is 16.6. The van der Waals surface area contributed by atoms with Gasteiger partial charge in [-0.15, -0.1) is 0 Å². The minimum absolute atomic E-state index is 0.0257. The zero-order valence-corrected chi connectivity index (χ0v) is 27.9. The number of unbranched alkanes of at least 4 members (excludes halogenated alkanes) is 2. The third kappa shape index (κ3) is 8.50. The molecule has 1 aliphatic rings. The van der Waals surface area contributed by atoms with Crippen LogP contribution in [0.15, 0.2) is 97.2 Å². The first-order valence-electron chi connectivity index (χ1n) is 16.6. The van der Waals surface area contributed by atoms with Gasteiger partial charge in [-0.2, -0.15) is 0 Å². The van der Waals surface area contributed by atoms with Crippen LogP contribution < -0.4 is 5.32 Å². The molecule has 1 N–H and O–H groups in total. The van der Waals surface area contributed by atoms with Crippen molar-refractivity contribution < 1.29 is 19.1 Å². The Morgan fingerprint density at radius 3 is 2.23 bits per heavy atom. The quantitative estimate of drug-likeness (QED) is 0.179. The summed E-state index contributed by atoms with van der Waals surface area (Å²) in [4.78, 5) is 44.3. The van der Waals surface area contributed by atoms with Crippen LogP contribution in [-0.2, 0) is 16.0 Å². The van der Waals surface area contributed by atoms with Crippen LogP contribution in [0.5, 0.6) is 0 Å². The first-order valence-corrected chi connectivity index (χ1v) is 16.6. The SMILES string of the molecule is CCCCCC(=O)Nc1ccccc1-n1ccc(C(=O)N2CCN(C(=O)OC(C)(C)C)CC2Cc2ccccc2)c1-c1ccccc1. The predicted molar refractivity (Wildman–Crippen MR) is 187 cm³/mol. The molecule has 1 aliphatic heterocycles. The molecule has 0 bridgehead atoms. The lowest BCUT2D eigenvalue weighted by atomic mass is 10.00. The van der Waals surface area contributed by atoms with Crippen LogP contribution in [0.4, 0.5) is 10.5 Å². The number of benzene rings is 3. The number of carbonyl (C=O) groups excluding carboxylic acids is 3. The van der Waals surface area contributed by atoms with Crippen molar-refractivity contribution >= 4 is 23.6 Å². The fourth-order valence-electron chi connectivity index (χ4n) is 6.06. The lowest BCUT2D eigenvalue weighted by Gasteiger charge is -2.42. The Hall–Kier alpha value is -4.85. The molecule has 47 heavy (non-hydrogen) atoms. The molecule has 5 rings (SSSR count). The molecular formula is C39H46N4O4. The van der Waals surface area contributed by atoms with Gasteiger partial charge in [-0.1, -0.05) is 92.6 Å². The number of hydrogen-bond acceptors (Lipinski definition) is 4. The Balaban J connectivity index is 1.50. The minimum atomic E-state index is -0.613. The Morgan fingerprint density at radius 2 is 1.53 bits per heavy atom. The summed E-state index contributed by atoms with van der Waals surface area (Å²) in [5.74, 6) is -0.129. The first-order chi connectivity index (χ1) is 22.6. The average Bonchev–Trinajstić information content (AvgIpc) is 3.50. The number of amides is 3. The van der Waals surface area contributed by atoms with E-state index in [-0.39, 0.29) is 23.9 Å². The Morgan fingerprint density at radius 1 is 0.851 bits per heavy atom. The zero-order chi connectivity index (χ0) is 33.4. The minimum Gasteiger partial charge on any atom is -0.444 e. The van der Waals surface area contributed by atoms with Gasteiger partial charge < -0.3 is 24.4 Å². The van der Waals surface area contributed by atoms with Gasteiger partial charge in [-0.3, -0.25) is 9.59 Å². The van der Waals surface area contributed by atoms with Crippen LogP contribution in [0.1, 0.15) is 69.3 Å². The standard InChI is InChI=1S/C39H46N4O4/c1-5-6-9-22-35(44)40-33-20-14-15-21-34(33)43-24-23-32(36(43)30-18-12-8-13-19-30)37(45)42-26-25-41(38(46)47-39(2,3)4)28-31(42)27-29-16-10-7-11-17-29/h7-8,10-21,23-24,31H,5-6,9,22,25-28H2,1-4H3,(H,40,44). The van der Waals surface area contributed by atoms with Crippen molar-refractivity contribution in [2.24, 2.45) is 0 Å². The van der Waals surface area contributed by atoms with Crippen LogP contribution in [0.2, 0.25) is 0 Å².